The third-order valence-corrected chi connectivity index (χ3v) is 10.9. The normalized spacial score (nSPS) is 22.8. The summed E-state index contributed by atoms with van der Waals surface area (Å²) in [7, 11) is -4.67. The van der Waals surface area contributed by atoms with Crippen LogP contribution in [0.4, 0.5) is 23.8 Å². The van der Waals surface area contributed by atoms with Crippen LogP contribution in [0.25, 0.3) is 11.2 Å². The van der Waals surface area contributed by atoms with E-state index in [1.165, 1.54) is 6.20 Å². The molecule has 2 aliphatic rings. The number of hydrogen-bond acceptors (Lipinski definition) is 5. The predicted molar refractivity (Wildman–Crippen MR) is 115 cm³/mol. The topological polar surface area (TPSA) is 120 Å². The van der Waals surface area contributed by atoms with Gasteiger partial charge in [-0.25, -0.2) is 23.2 Å². The Balaban J connectivity index is 1.43. The van der Waals surface area contributed by atoms with Gasteiger partial charge in [0.25, 0.3) is 0 Å². The van der Waals surface area contributed by atoms with E-state index in [0.29, 0.717) is 24.0 Å². The largest absolute Gasteiger partial charge is 0.418 e. The first-order valence-electron chi connectivity index (χ1n) is 9.65. The summed E-state index contributed by atoms with van der Waals surface area (Å²) in [4.78, 5) is 23.5. The number of aromatic amines is 1. The molecular formula is C17H20F3IN6O3S. The van der Waals surface area contributed by atoms with Gasteiger partial charge in [-0.15, -0.1) is 0 Å². The second kappa shape index (κ2) is 8.03. The van der Waals surface area contributed by atoms with Gasteiger partial charge in [0, 0.05) is 25.3 Å². The number of carbonyl (C=O) groups excluding carboxylic acids is 1. The van der Waals surface area contributed by atoms with E-state index in [0.717, 1.165) is 26.9 Å². The zero-order valence-corrected chi connectivity index (χ0v) is 19.1. The van der Waals surface area contributed by atoms with Crippen molar-refractivity contribution in [3.63, 3.8) is 0 Å². The van der Waals surface area contributed by atoms with Crippen molar-refractivity contribution >= 4 is 55.6 Å². The number of anilines is 1. The standard InChI is InChI=1S/C17H20F3IN6O3S/c18-17(19,20)16(21,10-3-4-10)31(29,30)27-7-1-2-11(9-27)24-15(28)26-13-8-23-14-12(25-13)5-6-22-14/h5-6,8,10-11H,1-4,7,9H2,(H,22,23)(H2,24,25,26,28). The number of hydrogen-bond donors (Lipinski definition) is 3. The summed E-state index contributed by atoms with van der Waals surface area (Å²) in [5, 5.41) is 5.15. The van der Waals surface area contributed by atoms with Gasteiger partial charge in [-0.2, -0.15) is 17.5 Å². The smallest absolute Gasteiger partial charge is 0.345 e. The van der Waals surface area contributed by atoms with Crippen molar-refractivity contribution in [3.8, 4) is 0 Å². The quantitative estimate of drug-likeness (QED) is 0.376. The number of amides is 2. The molecule has 3 N–H and O–H groups in total. The predicted octanol–water partition coefficient (Wildman–Crippen LogP) is 2.98. The number of aromatic nitrogens is 3. The summed E-state index contributed by atoms with van der Waals surface area (Å²) in [6.07, 6.45) is -0.625. The van der Waals surface area contributed by atoms with Crippen LogP contribution in [-0.2, 0) is 10.0 Å². The average molecular weight is 572 g/mol. The Kier molecular flexibility index (Phi) is 5.83. The Morgan fingerprint density at radius 3 is 2.71 bits per heavy atom. The van der Waals surface area contributed by atoms with E-state index in [1.54, 1.807) is 12.3 Å². The first-order valence-corrected chi connectivity index (χ1v) is 12.2. The molecule has 9 nitrogen and oxygen atoms in total. The maximum atomic E-state index is 13.8. The summed E-state index contributed by atoms with van der Waals surface area (Å²) >= 11 is 1.06. The van der Waals surface area contributed by atoms with Crippen molar-refractivity contribution in [2.75, 3.05) is 18.4 Å². The Bertz CT molecular complexity index is 1090. The number of nitrogens with zero attached hydrogens (tertiary/aromatic N) is 3. The molecule has 14 heteroatoms. The Morgan fingerprint density at radius 2 is 2.03 bits per heavy atom. The van der Waals surface area contributed by atoms with E-state index in [2.05, 4.69) is 25.6 Å². The fraction of sp³-hybridized carbons (Fsp3) is 0.588. The highest BCUT2D eigenvalue weighted by Crippen LogP contribution is 2.57. The Hall–Kier alpha value is -1.68. The van der Waals surface area contributed by atoms with Crippen LogP contribution >= 0.6 is 22.6 Å². The molecule has 0 radical (unpaired) electrons. The molecule has 2 atom stereocenters. The number of halogens is 4. The fourth-order valence-corrected chi connectivity index (χ4v) is 7.27. The third kappa shape index (κ3) is 4.20. The molecule has 1 saturated carbocycles. The number of urea groups is 1. The number of carbonyl (C=O) groups is 1. The van der Waals surface area contributed by atoms with Gasteiger partial charge in [-0.05, 0) is 60.3 Å². The van der Waals surface area contributed by atoms with Crippen molar-refractivity contribution in [2.24, 2.45) is 5.92 Å². The van der Waals surface area contributed by atoms with Crippen LogP contribution in [0.3, 0.4) is 0 Å². The molecule has 1 saturated heterocycles. The fourth-order valence-electron chi connectivity index (χ4n) is 3.74. The number of piperidine rings is 1. The van der Waals surface area contributed by atoms with Crippen molar-refractivity contribution in [2.45, 2.75) is 40.7 Å². The van der Waals surface area contributed by atoms with Crippen LogP contribution in [0.1, 0.15) is 25.7 Å². The number of rotatable bonds is 5. The van der Waals surface area contributed by atoms with E-state index in [4.69, 9.17) is 0 Å². The van der Waals surface area contributed by atoms with E-state index in [-0.39, 0.29) is 31.7 Å². The molecule has 4 rings (SSSR count). The summed E-state index contributed by atoms with van der Waals surface area (Å²) < 4.78 is 65.4. The lowest BCUT2D eigenvalue weighted by Crippen LogP contribution is -2.59. The Morgan fingerprint density at radius 1 is 1.29 bits per heavy atom. The summed E-state index contributed by atoms with van der Waals surface area (Å²) in [5.41, 5.74) is 1.11. The van der Waals surface area contributed by atoms with Crippen molar-refractivity contribution in [3.05, 3.63) is 18.5 Å². The second-order valence-electron chi connectivity index (χ2n) is 7.68. The summed E-state index contributed by atoms with van der Waals surface area (Å²) in [6, 6.07) is 0.430. The van der Waals surface area contributed by atoms with Gasteiger partial charge in [0.05, 0.1) is 6.20 Å². The lowest BCUT2D eigenvalue weighted by molar-refractivity contribution is -0.139. The summed E-state index contributed by atoms with van der Waals surface area (Å²) in [5.74, 6) is -0.751. The van der Waals surface area contributed by atoms with Gasteiger partial charge in [0.1, 0.15) is 5.52 Å². The number of nitrogens with one attached hydrogen (secondary N) is 3. The van der Waals surface area contributed by atoms with Crippen LogP contribution < -0.4 is 10.6 Å². The molecule has 2 unspecified atom stereocenters. The van der Waals surface area contributed by atoms with Crippen molar-refractivity contribution in [1.29, 1.82) is 0 Å². The molecule has 0 spiro atoms. The highest BCUT2D eigenvalue weighted by atomic mass is 127. The molecule has 1 aliphatic carbocycles. The highest BCUT2D eigenvalue weighted by Gasteiger charge is 2.70. The van der Waals surface area contributed by atoms with Gasteiger partial charge in [0.2, 0.25) is 12.8 Å². The van der Waals surface area contributed by atoms with Crippen LogP contribution in [0, 0.1) is 5.92 Å². The lowest BCUT2D eigenvalue weighted by atomic mass is 10.1. The first kappa shape index (κ1) is 22.5. The molecule has 2 aromatic heterocycles. The molecule has 2 amide bonds. The van der Waals surface area contributed by atoms with Gasteiger partial charge in [-0.3, -0.25) is 5.32 Å². The van der Waals surface area contributed by atoms with Gasteiger partial charge < -0.3 is 10.3 Å². The van der Waals surface area contributed by atoms with E-state index >= 15 is 0 Å². The van der Waals surface area contributed by atoms with Crippen LogP contribution in [0.2, 0.25) is 0 Å². The average Bonchev–Trinajstić information content (AvgIpc) is 3.44. The van der Waals surface area contributed by atoms with Crippen molar-refractivity contribution < 1.29 is 26.4 Å². The molecule has 1 aliphatic heterocycles. The maximum absolute atomic E-state index is 13.8. The lowest BCUT2D eigenvalue weighted by Gasteiger charge is -2.39. The monoisotopic (exact) mass is 572 g/mol. The van der Waals surface area contributed by atoms with Crippen LogP contribution in [0.15, 0.2) is 18.5 Å². The maximum Gasteiger partial charge on any atom is 0.418 e. The number of alkyl halides is 4. The zero-order chi connectivity index (χ0) is 22.4. The minimum absolute atomic E-state index is 0.00861. The van der Waals surface area contributed by atoms with Crippen LogP contribution in [-0.4, -0.2) is 61.8 Å². The van der Waals surface area contributed by atoms with Crippen molar-refractivity contribution in [1.82, 2.24) is 24.6 Å². The number of sulfonamides is 1. The Labute approximate surface area is 189 Å². The molecule has 170 valence electrons. The SMILES string of the molecule is O=C(Nc1cnc2[nH]ccc2n1)NC1CCCN(S(=O)(=O)C(I)(C2CC2)C(F)(F)F)C1. The number of H-pyrrole nitrogens is 1. The minimum Gasteiger partial charge on any atom is -0.345 e. The molecule has 0 aromatic carbocycles. The van der Waals surface area contributed by atoms with Gasteiger partial charge >= 0.3 is 12.2 Å². The third-order valence-electron chi connectivity index (χ3n) is 5.43. The number of fused-ring (bicyclic) bond motifs is 1. The molecule has 0 bridgehead atoms. The summed E-state index contributed by atoms with van der Waals surface area (Å²) in [6.45, 7) is -0.225. The van der Waals surface area contributed by atoms with Crippen LogP contribution in [0.5, 0.6) is 0 Å². The highest BCUT2D eigenvalue weighted by molar-refractivity contribution is 14.1. The molecular weight excluding hydrogens is 552 g/mol. The van der Waals surface area contributed by atoms with Gasteiger partial charge in [-0.1, -0.05) is 0 Å². The molecule has 2 fully saturated rings. The van der Waals surface area contributed by atoms with E-state index < -0.39 is 36.9 Å². The molecule has 31 heavy (non-hydrogen) atoms. The van der Waals surface area contributed by atoms with E-state index in [9.17, 15) is 26.4 Å². The van der Waals surface area contributed by atoms with E-state index in [1.807, 2.05) is 0 Å². The first-order chi connectivity index (χ1) is 14.5. The molecule has 3 heterocycles. The minimum atomic E-state index is -4.89. The molecule has 2 aromatic rings. The second-order valence-corrected chi connectivity index (χ2v) is 12.2. The zero-order valence-electron chi connectivity index (χ0n) is 16.1. The van der Waals surface area contributed by atoms with Gasteiger partial charge in [0.15, 0.2) is 11.5 Å².